The van der Waals surface area contributed by atoms with Crippen molar-refractivity contribution in [2.75, 3.05) is 20.8 Å². The van der Waals surface area contributed by atoms with E-state index in [1.807, 2.05) is 0 Å². The molecule has 82 valence electrons. The van der Waals surface area contributed by atoms with Crippen molar-refractivity contribution in [3.05, 3.63) is 17.7 Å². The van der Waals surface area contributed by atoms with Crippen molar-refractivity contribution in [2.45, 2.75) is 12.5 Å². The van der Waals surface area contributed by atoms with E-state index >= 15 is 0 Å². The Morgan fingerprint density at radius 3 is 2.53 bits per heavy atom. The Hall–Kier alpha value is -1.42. The zero-order valence-electron chi connectivity index (χ0n) is 8.91. The molecular formula is C11H15NO3. The first kappa shape index (κ1) is 10.1. The zero-order chi connectivity index (χ0) is 10.8. The third-order valence-electron chi connectivity index (χ3n) is 2.72. The molecule has 1 aliphatic rings. The maximum atomic E-state index is 9.87. The van der Waals surface area contributed by atoms with Gasteiger partial charge in [0.2, 0.25) is 0 Å². The molecule has 2 N–H and O–H groups in total. The first-order chi connectivity index (χ1) is 7.26. The van der Waals surface area contributed by atoms with Crippen molar-refractivity contribution in [2.24, 2.45) is 0 Å². The normalized spacial score (nSPS) is 19.5. The highest BCUT2D eigenvalue weighted by molar-refractivity contribution is 5.52. The summed E-state index contributed by atoms with van der Waals surface area (Å²) >= 11 is 0. The van der Waals surface area contributed by atoms with E-state index in [4.69, 9.17) is 9.47 Å². The summed E-state index contributed by atoms with van der Waals surface area (Å²) in [6.45, 7) is 0.985. The molecule has 1 aromatic rings. The molecular weight excluding hydrogens is 194 g/mol. The van der Waals surface area contributed by atoms with Crippen molar-refractivity contribution in [3.8, 4) is 17.2 Å². The summed E-state index contributed by atoms with van der Waals surface area (Å²) in [7, 11) is 3.16. The van der Waals surface area contributed by atoms with Gasteiger partial charge in [-0.25, -0.2) is 0 Å². The summed E-state index contributed by atoms with van der Waals surface area (Å²) in [4.78, 5) is 0. The lowest BCUT2D eigenvalue weighted by Crippen LogP contribution is -2.35. The van der Waals surface area contributed by atoms with Crippen LogP contribution in [0.5, 0.6) is 17.2 Å². The average Bonchev–Trinajstić information content (AvgIpc) is 2.17. The van der Waals surface area contributed by atoms with Crippen LogP contribution in [0.25, 0.3) is 0 Å². The lowest BCUT2D eigenvalue weighted by Gasteiger charge is -2.30. The van der Waals surface area contributed by atoms with Crippen LogP contribution in [-0.4, -0.2) is 25.9 Å². The molecule has 0 saturated carbocycles. The smallest absolute Gasteiger partial charge is 0.131 e. The van der Waals surface area contributed by atoms with Gasteiger partial charge in [0.05, 0.1) is 19.8 Å². The van der Waals surface area contributed by atoms with Crippen LogP contribution in [0.2, 0.25) is 0 Å². The second-order valence-electron chi connectivity index (χ2n) is 3.56. The Bertz CT molecular complexity index is 361. The second kappa shape index (κ2) is 3.98. The number of methoxy groups -OCH3 is 2. The molecule has 15 heavy (non-hydrogen) atoms. The van der Waals surface area contributed by atoms with Gasteiger partial charge in [-0.3, -0.25) is 0 Å². The monoisotopic (exact) mass is 209 g/mol. The van der Waals surface area contributed by atoms with Crippen molar-refractivity contribution in [3.63, 3.8) is 0 Å². The number of hydrogen-bond donors (Lipinski definition) is 2. The first-order valence-electron chi connectivity index (χ1n) is 4.94. The van der Waals surface area contributed by atoms with E-state index in [2.05, 4.69) is 5.32 Å². The first-order valence-corrected chi connectivity index (χ1v) is 4.94. The number of ether oxygens (including phenoxy) is 2. The largest absolute Gasteiger partial charge is 0.507 e. The third-order valence-corrected chi connectivity index (χ3v) is 2.72. The molecule has 0 spiro atoms. The minimum absolute atomic E-state index is 0.200. The van der Waals surface area contributed by atoms with Crippen LogP contribution >= 0.6 is 0 Å². The Labute approximate surface area is 88.8 Å². The number of phenolic OH excluding ortho intramolecular Hbond substituents is 1. The van der Waals surface area contributed by atoms with Gasteiger partial charge in [0.25, 0.3) is 0 Å². The van der Waals surface area contributed by atoms with E-state index in [0.29, 0.717) is 11.5 Å². The van der Waals surface area contributed by atoms with Gasteiger partial charge >= 0.3 is 0 Å². The highest BCUT2D eigenvalue weighted by Gasteiger charge is 2.25. The molecule has 0 aliphatic carbocycles. The van der Waals surface area contributed by atoms with Crippen molar-refractivity contribution >= 4 is 0 Å². The van der Waals surface area contributed by atoms with Gasteiger partial charge in [0, 0.05) is 18.2 Å². The molecule has 4 nitrogen and oxygen atoms in total. The number of nitrogens with one attached hydrogen (secondary N) is 1. The van der Waals surface area contributed by atoms with Crippen molar-refractivity contribution in [1.82, 2.24) is 5.32 Å². The number of hydrogen-bond acceptors (Lipinski definition) is 4. The van der Waals surface area contributed by atoms with Crippen LogP contribution in [0.4, 0.5) is 0 Å². The third kappa shape index (κ3) is 1.72. The fourth-order valence-corrected chi connectivity index (χ4v) is 1.76. The zero-order valence-corrected chi connectivity index (χ0v) is 8.91. The highest BCUT2D eigenvalue weighted by Crippen LogP contribution is 2.40. The molecule has 1 atom stereocenters. The molecule has 1 aliphatic heterocycles. The predicted molar refractivity (Wildman–Crippen MR) is 56.6 cm³/mol. The fraction of sp³-hybridized carbons (Fsp3) is 0.455. The van der Waals surface area contributed by atoms with Crippen molar-refractivity contribution < 1.29 is 14.6 Å². The number of phenols is 1. The maximum Gasteiger partial charge on any atom is 0.131 e. The molecule has 4 heteroatoms. The summed E-state index contributed by atoms with van der Waals surface area (Å²) in [5, 5.41) is 13.1. The Morgan fingerprint density at radius 1 is 1.33 bits per heavy atom. The summed E-state index contributed by atoms with van der Waals surface area (Å²) in [6, 6.07) is 3.60. The fourth-order valence-electron chi connectivity index (χ4n) is 1.76. The second-order valence-corrected chi connectivity index (χ2v) is 3.56. The maximum absolute atomic E-state index is 9.87. The molecule has 0 bridgehead atoms. The Kier molecular flexibility index (Phi) is 2.68. The van der Waals surface area contributed by atoms with Crippen LogP contribution < -0.4 is 14.8 Å². The van der Waals surface area contributed by atoms with Crippen molar-refractivity contribution in [1.29, 1.82) is 0 Å². The standard InChI is InChI=1S/C11H15NO3/c1-14-7-5-9(13)11(8-3-4-12-8)10(6-7)15-2/h5-6,8,12-13H,3-4H2,1-2H3/t8-/m1/s1. The predicted octanol–water partition coefficient (Wildman–Crippen LogP) is 1.44. The van der Waals surface area contributed by atoms with E-state index in [-0.39, 0.29) is 11.8 Å². The Balaban J connectivity index is 2.41. The molecule has 2 rings (SSSR count). The van der Waals surface area contributed by atoms with Gasteiger partial charge in [-0.2, -0.15) is 0 Å². The molecule has 1 fully saturated rings. The Morgan fingerprint density at radius 2 is 2.07 bits per heavy atom. The minimum atomic E-state index is 0.200. The molecule has 0 unspecified atom stereocenters. The highest BCUT2D eigenvalue weighted by atomic mass is 16.5. The SMILES string of the molecule is COc1cc(O)c([C@H]2CCN2)c(OC)c1. The van der Waals surface area contributed by atoms with Crippen LogP contribution in [0.3, 0.4) is 0 Å². The van der Waals surface area contributed by atoms with Crippen LogP contribution in [0, 0.1) is 0 Å². The van der Waals surface area contributed by atoms with E-state index in [1.54, 1.807) is 26.4 Å². The number of rotatable bonds is 3. The molecule has 0 aromatic heterocycles. The summed E-state index contributed by atoms with van der Waals surface area (Å²) in [6.07, 6.45) is 1.02. The average molecular weight is 209 g/mol. The van der Waals surface area contributed by atoms with Gasteiger partial charge in [-0.15, -0.1) is 0 Å². The van der Waals surface area contributed by atoms with Gasteiger partial charge in [-0.1, -0.05) is 0 Å². The van der Waals surface area contributed by atoms with Crippen LogP contribution in [0.1, 0.15) is 18.0 Å². The lowest BCUT2D eigenvalue weighted by atomic mass is 9.96. The molecule has 0 radical (unpaired) electrons. The molecule has 1 aromatic carbocycles. The van der Waals surface area contributed by atoms with E-state index in [1.165, 1.54) is 0 Å². The number of benzene rings is 1. The molecule has 1 saturated heterocycles. The van der Waals surface area contributed by atoms with Gasteiger partial charge in [0.15, 0.2) is 0 Å². The summed E-state index contributed by atoms with van der Waals surface area (Å²) in [5.41, 5.74) is 0.824. The summed E-state index contributed by atoms with van der Waals surface area (Å²) in [5.74, 6) is 1.50. The quantitative estimate of drug-likeness (QED) is 0.791. The van der Waals surface area contributed by atoms with Gasteiger partial charge < -0.3 is 19.9 Å². The van der Waals surface area contributed by atoms with E-state index < -0.39 is 0 Å². The topological polar surface area (TPSA) is 50.7 Å². The number of aromatic hydroxyl groups is 1. The minimum Gasteiger partial charge on any atom is -0.507 e. The van der Waals surface area contributed by atoms with Crippen LogP contribution in [-0.2, 0) is 0 Å². The molecule has 0 amide bonds. The summed E-state index contributed by atoms with van der Waals surface area (Å²) < 4.78 is 10.3. The van der Waals surface area contributed by atoms with Crippen LogP contribution in [0.15, 0.2) is 12.1 Å². The van der Waals surface area contributed by atoms with E-state index in [9.17, 15) is 5.11 Å². The van der Waals surface area contributed by atoms with Gasteiger partial charge in [0.1, 0.15) is 17.2 Å². The van der Waals surface area contributed by atoms with Gasteiger partial charge in [-0.05, 0) is 13.0 Å². The van der Waals surface area contributed by atoms with E-state index in [0.717, 1.165) is 18.5 Å². The molecule has 1 heterocycles. The lowest BCUT2D eigenvalue weighted by molar-refractivity contribution is 0.332.